The summed E-state index contributed by atoms with van der Waals surface area (Å²) < 4.78 is 6.57. The number of phenols is 1. The Morgan fingerprint density at radius 2 is 2.07 bits per heavy atom. The van der Waals surface area contributed by atoms with E-state index in [2.05, 4.69) is 10.3 Å². The number of rotatable bonds is 3. The summed E-state index contributed by atoms with van der Waals surface area (Å²) in [7, 11) is 1.61. The number of aromatic nitrogens is 3. The zero-order valence-corrected chi connectivity index (χ0v) is 8.29. The van der Waals surface area contributed by atoms with Gasteiger partial charge in [-0.2, -0.15) is 0 Å². The lowest BCUT2D eigenvalue weighted by molar-refractivity contribution is 0.181. The molecule has 1 N–H and O–H groups in total. The van der Waals surface area contributed by atoms with Crippen molar-refractivity contribution in [3.05, 3.63) is 36.2 Å². The molecule has 0 amide bonds. The van der Waals surface area contributed by atoms with Crippen LogP contribution >= 0.6 is 0 Å². The molecule has 0 aliphatic heterocycles. The van der Waals surface area contributed by atoms with E-state index >= 15 is 0 Å². The molecule has 1 aromatic carbocycles. The highest BCUT2D eigenvalue weighted by Crippen LogP contribution is 2.12. The molecular weight excluding hydrogens is 194 g/mol. The molecule has 0 bridgehead atoms. The number of hydrogen-bond donors (Lipinski definition) is 1. The van der Waals surface area contributed by atoms with Gasteiger partial charge in [-0.3, -0.25) is 0 Å². The maximum absolute atomic E-state index is 9.13. The van der Waals surface area contributed by atoms with Gasteiger partial charge in [-0.15, -0.1) is 5.10 Å². The highest BCUT2D eigenvalue weighted by molar-refractivity contribution is 5.35. The van der Waals surface area contributed by atoms with Crippen LogP contribution in [-0.4, -0.2) is 27.2 Å². The molecule has 0 saturated heterocycles. The first-order chi connectivity index (χ1) is 7.29. The van der Waals surface area contributed by atoms with Crippen molar-refractivity contribution in [3.8, 4) is 11.4 Å². The summed E-state index contributed by atoms with van der Waals surface area (Å²) in [5, 5.41) is 17.0. The molecule has 0 spiro atoms. The number of ether oxygens (including phenoxy) is 1. The highest BCUT2D eigenvalue weighted by Gasteiger charge is 2.01. The minimum absolute atomic E-state index is 0.232. The van der Waals surface area contributed by atoms with Gasteiger partial charge in [0.2, 0.25) is 0 Å². The molecule has 0 unspecified atom stereocenters. The molecule has 0 fully saturated rings. The van der Waals surface area contributed by atoms with E-state index < -0.39 is 0 Å². The van der Waals surface area contributed by atoms with Crippen LogP contribution in [0.25, 0.3) is 5.69 Å². The second kappa shape index (κ2) is 4.10. The van der Waals surface area contributed by atoms with Crippen molar-refractivity contribution in [1.29, 1.82) is 0 Å². The Kier molecular flexibility index (Phi) is 2.64. The first-order valence-electron chi connectivity index (χ1n) is 4.49. The third kappa shape index (κ3) is 2.13. The zero-order valence-electron chi connectivity index (χ0n) is 8.29. The molecule has 5 nitrogen and oxygen atoms in total. The van der Waals surface area contributed by atoms with Crippen LogP contribution in [-0.2, 0) is 11.3 Å². The van der Waals surface area contributed by atoms with Gasteiger partial charge in [-0.1, -0.05) is 5.21 Å². The first-order valence-corrected chi connectivity index (χ1v) is 4.49. The number of methoxy groups -OCH3 is 1. The highest BCUT2D eigenvalue weighted by atomic mass is 16.5. The van der Waals surface area contributed by atoms with Crippen molar-refractivity contribution in [2.45, 2.75) is 6.61 Å². The number of nitrogens with zero attached hydrogens (tertiary/aromatic N) is 3. The minimum Gasteiger partial charge on any atom is -0.508 e. The Bertz CT molecular complexity index is 436. The van der Waals surface area contributed by atoms with Gasteiger partial charge >= 0.3 is 0 Å². The summed E-state index contributed by atoms with van der Waals surface area (Å²) in [6.07, 6.45) is 1.79. The molecule has 78 valence electrons. The van der Waals surface area contributed by atoms with E-state index in [9.17, 15) is 0 Å². The summed E-state index contributed by atoms with van der Waals surface area (Å²) in [6, 6.07) is 6.74. The fourth-order valence-electron chi connectivity index (χ4n) is 1.24. The molecule has 0 radical (unpaired) electrons. The predicted octanol–water partition coefficient (Wildman–Crippen LogP) is 1.12. The van der Waals surface area contributed by atoms with Crippen molar-refractivity contribution in [1.82, 2.24) is 15.0 Å². The fraction of sp³-hybridized carbons (Fsp3) is 0.200. The molecule has 0 aliphatic carbocycles. The summed E-state index contributed by atoms with van der Waals surface area (Å²) in [5.74, 6) is 0.232. The van der Waals surface area contributed by atoms with Crippen LogP contribution in [0.5, 0.6) is 5.75 Å². The van der Waals surface area contributed by atoms with Crippen LogP contribution in [0, 0.1) is 0 Å². The average Bonchev–Trinajstić information content (AvgIpc) is 2.68. The number of benzene rings is 1. The van der Waals surface area contributed by atoms with E-state index in [1.807, 2.05) is 0 Å². The van der Waals surface area contributed by atoms with Crippen LogP contribution in [0.2, 0.25) is 0 Å². The summed E-state index contributed by atoms with van der Waals surface area (Å²) >= 11 is 0. The van der Waals surface area contributed by atoms with Gasteiger partial charge < -0.3 is 9.84 Å². The minimum atomic E-state index is 0.232. The van der Waals surface area contributed by atoms with Crippen molar-refractivity contribution in [2.75, 3.05) is 7.11 Å². The van der Waals surface area contributed by atoms with Gasteiger partial charge in [-0.05, 0) is 24.3 Å². The Morgan fingerprint density at radius 1 is 1.33 bits per heavy atom. The van der Waals surface area contributed by atoms with Crippen molar-refractivity contribution in [3.63, 3.8) is 0 Å². The lowest BCUT2D eigenvalue weighted by Gasteiger charge is -1.98. The van der Waals surface area contributed by atoms with E-state index in [0.717, 1.165) is 11.4 Å². The molecule has 1 aromatic heterocycles. The molecule has 1 heterocycles. The number of hydrogen-bond acceptors (Lipinski definition) is 4. The average molecular weight is 205 g/mol. The van der Waals surface area contributed by atoms with Gasteiger partial charge in [0.15, 0.2) is 0 Å². The van der Waals surface area contributed by atoms with Crippen LogP contribution in [0.1, 0.15) is 5.69 Å². The second-order valence-electron chi connectivity index (χ2n) is 3.10. The summed E-state index contributed by atoms with van der Waals surface area (Å²) in [4.78, 5) is 0. The van der Waals surface area contributed by atoms with Crippen LogP contribution in [0.4, 0.5) is 0 Å². The first kappa shape index (κ1) is 9.67. The SMILES string of the molecule is COCc1cn(-c2ccc(O)cc2)nn1. The van der Waals surface area contributed by atoms with E-state index in [-0.39, 0.29) is 5.75 Å². The quantitative estimate of drug-likeness (QED) is 0.815. The molecular formula is C10H11N3O2. The Hall–Kier alpha value is -1.88. The summed E-state index contributed by atoms with van der Waals surface area (Å²) in [6.45, 7) is 0.443. The van der Waals surface area contributed by atoms with E-state index in [1.165, 1.54) is 0 Å². The van der Waals surface area contributed by atoms with E-state index in [0.29, 0.717) is 6.61 Å². The van der Waals surface area contributed by atoms with Gasteiger partial charge in [0.1, 0.15) is 11.4 Å². The van der Waals surface area contributed by atoms with Gasteiger partial charge in [0.05, 0.1) is 18.5 Å². The lowest BCUT2D eigenvalue weighted by Crippen LogP contribution is -1.93. The lowest BCUT2D eigenvalue weighted by atomic mass is 10.3. The monoisotopic (exact) mass is 205 g/mol. The van der Waals surface area contributed by atoms with Crippen LogP contribution in [0.15, 0.2) is 30.5 Å². The third-order valence-electron chi connectivity index (χ3n) is 1.95. The molecule has 0 saturated carbocycles. The fourth-order valence-corrected chi connectivity index (χ4v) is 1.24. The maximum Gasteiger partial charge on any atom is 0.115 e. The smallest absolute Gasteiger partial charge is 0.115 e. The molecule has 2 rings (SSSR count). The number of phenolic OH excluding ortho intramolecular Hbond substituents is 1. The molecule has 0 atom stereocenters. The van der Waals surface area contributed by atoms with Crippen molar-refractivity contribution >= 4 is 0 Å². The summed E-state index contributed by atoms with van der Waals surface area (Å²) in [5.41, 5.74) is 1.62. The molecule has 15 heavy (non-hydrogen) atoms. The largest absolute Gasteiger partial charge is 0.508 e. The van der Waals surface area contributed by atoms with Gasteiger partial charge in [0.25, 0.3) is 0 Å². The van der Waals surface area contributed by atoms with Gasteiger partial charge in [0, 0.05) is 7.11 Å². The molecule has 0 aliphatic rings. The van der Waals surface area contributed by atoms with Crippen LogP contribution in [0.3, 0.4) is 0 Å². The Morgan fingerprint density at radius 3 is 2.73 bits per heavy atom. The van der Waals surface area contributed by atoms with Crippen molar-refractivity contribution in [2.24, 2.45) is 0 Å². The normalized spacial score (nSPS) is 10.5. The van der Waals surface area contributed by atoms with Crippen LogP contribution < -0.4 is 0 Å². The van der Waals surface area contributed by atoms with Crippen molar-refractivity contribution < 1.29 is 9.84 Å². The molecule has 2 aromatic rings. The predicted molar refractivity (Wildman–Crippen MR) is 53.7 cm³/mol. The standard InChI is InChI=1S/C10H11N3O2/c1-15-7-8-6-13(12-11-8)9-2-4-10(14)5-3-9/h2-6,14H,7H2,1H3. The Balaban J connectivity index is 2.25. The maximum atomic E-state index is 9.13. The zero-order chi connectivity index (χ0) is 10.7. The second-order valence-corrected chi connectivity index (χ2v) is 3.10. The van der Waals surface area contributed by atoms with E-state index in [4.69, 9.17) is 9.84 Å². The molecule has 5 heteroatoms. The number of aromatic hydroxyl groups is 1. The third-order valence-corrected chi connectivity index (χ3v) is 1.95. The van der Waals surface area contributed by atoms with E-state index in [1.54, 1.807) is 42.3 Å². The Labute approximate surface area is 86.9 Å². The topological polar surface area (TPSA) is 60.2 Å². The van der Waals surface area contributed by atoms with Gasteiger partial charge in [-0.25, -0.2) is 4.68 Å².